The number of rotatable bonds is 2. The first-order valence-electron chi connectivity index (χ1n) is 5.17. The standard InChI is InChI=1S/C11H12Cl2FNO/c12-7-4-6(14)5-8(13)11(7)15-9-2-1-3-10(9)16/h4-5,9-10,15-16H,1-3H2/t9-,10-/m0/s1. The molecule has 1 aromatic rings. The summed E-state index contributed by atoms with van der Waals surface area (Å²) in [6.45, 7) is 0. The van der Waals surface area contributed by atoms with Gasteiger partial charge in [0, 0.05) is 0 Å². The summed E-state index contributed by atoms with van der Waals surface area (Å²) in [5.41, 5.74) is 0.496. The van der Waals surface area contributed by atoms with E-state index in [0.29, 0.717) is 5.69 Å². The van der Waals surface area contributed by atoms with Gasteiger partial charge in [-0.15, -0.1) is 0 Å². The molecule has 0 saturated heterocycles. The van der Waals surface area contributed by atoms with E-state index in [9.17, 15) is 9.50 Å². The van der Waals surface area contributed by atoms with Crippen LogP contribution >= 0.6 is 23.2 Å². The van der Waals surface area contributed by atoms with Crippen molar-refractivity contribution in [1.29, 1.82) is 0 Å². The lowest BCUT2D eigenvalue weighted by atomic mass is 10.2. The van der Waals surface area contributed by atoms with Crippen molar-refractivity contribution in [3.63, 3.8) is 0 Å². The lowest BCUT2D eigenvalue weighted by molar-refractivity contribution is 0.172. The molecule has 2 nitrogen and oxygen atoms in total. The molecule has 88 valence electrons. The fourth-order valence-electron chi connectivity index (χ4n) is 1.97. The van der Waals surface area contributed by atoms with Crippen LogP contribution in [0, 0.1) is 5.82 Å². The van der Waals surface area contributed by atoms with Gasteiger partial charge in [0.15, 0.2) is 0 Å². The summed E-state index contributed by atoms with van der Waals surface area (Å²) in [5.74, 6) is -0.465. The van der Waals surface area contributed by atoms with E-state index in [0.717, 1.165) is 19.3 Å². The summed E-state index contributed by atoms with van der Waals surface area (Å²) in [7, 11) is 0. The zero-order valence-corrected chi connectivity index (χ0v) is 10.0. The minimum atomic E-state index is -0.465. The van der Waals surface area contributed by atoms with Crippen LogP contribution in [0.25, 0.3) is 0 Å². The molecule has 5 heteroatoms. The molecule has 0 radical (unpaired) electrons. The Hall–Kier alpha value is -0.510. The second-order valence-electron chi connectivity index (χ2n) is 3.99. The van der Waals surface area contributed by atoms with Crippen LogP contribution in [0.3, 0.4) is 0 Å². The average Bonchev–Trinajstić information content (AvgIpc) is 2.57. The van der Waals surface area contributed by atoms with Crippen molar-refractivity contribution in [3.05, 3.63) is 28.0 Å². The highest BCUT2D eigenvalue weighted by atomic mass is 35.5. The Morgan fingerprint density at radius 1 is 1.25 bits per heavy atom. The number of hydrogen-bond acceptors (Lipinski definition) is 2. The Balaban J connectivity index is 2.21. The van der Waals surface area contributed by atoms with E-state index in [1.165, 1.54) is 12.1 Å². The average molecular weight is 264 g/mol. The summed E-state index contributed by atoms with van der Waals surface area (Å²) < 4.78 is 13.0. The van der Waals surface area contributed by atoms with Crippen LogP contribution in [0.15, 0.2) is 12.1 Å². The highest BCUT2D eigenvalue weighted by Crippen LogP contribution is 2.34. The Morgan fingerprint density at radius 2 is 1.88 bits per heavy atom. The van der Waals surface area contributed by atoms with Crippen LogP contribution in [0.4, 0.5) is 10.1 Å². The van der Waals surface area contributed by atoms with Crippen molar-refractivity contribution in [2.45, 2.75) is 31.4 Å². The molecule has 1 saturated carbocycles. The minimum Gasteiger partial charge on any atom is -0.391 e. The number of benzene rings is 1. The Kier molecular flexibility index (Phi) is 3.57. The van der Waals surface area contributed by atoms with E-state index in [1.807, 2.05) is 0 Å². The maximum absolute atomic E-state index is 13.0. The van der Waals surface area contributed by atoms with Gasteiger partial charge in [-0.1, -0.05) is 23.2 Å². The van der Waals surface area contributed by atoms with Gasteiger partial charge in [0.1, 0.15) is 5.82 Å². The van der Waals surface area contributed by atoms with Crippen molar-refractivity contribution in [1.82, 2.24) is 0 Å². The summed E-state index contributed by atoms with van der Waals surface area (Å²) in [5, 5.41) is 13.2. The normalized spacial score (nSPS) is 24.8. The minimum absolute atomic E-state index is 0.0551. The topological polar surface area (TPSA) is 32.3 Å². The van der Waals surface area contributed by atoms with Gasteiger partial charge in [0.25, 0.3) is 0 Å². The molecular weight excluding hydrogens is 252 g/mol. The molecule has 1 fully saturated rings. The largest absolute Gasteiger partial charge is 0.391 e. The van der Waals surface area contributed by atoms with Crippen molar-refractivity contribution in [2.24, 2.45) is 0 Å². The summed E-state index contributed by atoms with van der Waals surface area (Å²) >= 11 is 11.8. The summed E-state index contributed by atoms with van der Waals surface area (Å²) in [6.07, 6.45) is 2.21. The van der Waals surface area contributed by atoms with Crippen LogP contribution in [-0.4, -0.2) is 17.3 Å². The van der Waals surface area contributed by atoms with Crippen molar-refractivity contribution in [3.8, 4) is 0 Å². The molecule has 0 amide bonds. The second kappa shape index (κ2) is 4.78. The van der Waals surface area contributed by atoms with E-state index in [-0.39, 0.29) is 16.1 Å². The molecule has 0 heterocycles. The second-order valence-corrected chi connectivity index (χ2v) is 4.81. The third-order valence-corrected chi connectivity index (χ3v) is 3.41. The molecule has 2 N–H and O–H groups in total. The van der Waals surface area contributed by atoms with Gasteiger partial charge in [-0.2, -0.15) is 0 Å². The molecular formula is C11H12Cl2FNO. The van der Waals surface area contributed by atoms with Gasteiger partial charge in [-0.05, 0) is 31.4 Å². The van der Waals surface area contributed by atoms with Crippen molar-refractivity contribution < 1.29 is 9.50 Å². The van der Waals surface area contributed by atoms with E-state index in [2.05, 4.69) is 5.32 Å². The van der Waals surface area contributed by atoms with Crippen LogP contribution < -0.4 is 5.32 Å². The SMILES string of the molecule is O[C@H]1CCC[C@@H]1Nc1c(Cl)cc(F)cc1Cl. The number of anilines is 1. The summed E-state index contributed by atoms with van der Waals surface area (Å²) in [6, 6.07) is 2.36. The highest BCUT2D eigenvalue weighted by Gasteiger charge is 2.26. The maximum atomic E-state index is 13.0. The Bertz CT molecular complexity index is 377. The van der Waals surface area contributed by atoms with Gasteiger partial charge in [-0.3, -0.25) is 0 Å². The number of aliphatic hydroxyl groups is 1. The molecule has 0 unspecified atom stereocenters. The monoisotopic (exact) mass is 263 g/mol. The first-order chi connectivity index (χ1) is 7.58. The Morgan fingerprint density at radius 3 is 2.38 bits per heavy atom. The molecule has 16 heavy (non-hydrogen) atoms. The first-order valence-corrected chi connectivity index (χ1v) is 5.92. The van der Waals surface area contributed by atoms with Crippen molar-refractivity contribution >= 4 is 28.9 Å². The maximum Gasteiger partial charge on any atom is 0.126 e. The zero-order chi connectivity index (χ0) is 11.7. The number of aliphatic hydroxyl groups excluding tert-OH is 1. The first kappa shape index (κ1) is 12.0. The van der Waals surface area contributed by atoms with Crippen LogP contribution in [0.2, 0.25) is 10.0 Å². The van der Waals surface area contributed by atoms with Crippen LogP contribution in [0.5, 0.6) is 0 Å². The molecule has 2 rings (SSSR count). The van der Waals surface area contributed by atoms with E-state index in [4.69, 9.17) is 23.2 Å². The molecule has 0 aromatic heterocycles. The molecule has 0 bridgehead atoms. The zero-order valence-electron chi connectivity index (χ0n) is 8.51. The third-order valence-electron chi connectivity index (χ3n) is 2.82. The van der Waals surface area contributed by atoms with Gasteiger partial charge in [-0.25, -0.2) is 4.39 Å². The predicted molar refractivity (Wildman–Crippen MR) is 63.7 cm³/mol. The number of hydrogen-bond donors (Lipinski definition) is 2. The smallest absolute Gasteiger partial charge is 0.126 e. The number of nitrogens with one attached hydrogen (secondary N) is 1. The van der Waals surface area contributed by atoms with Gasteiger partial charge in [0.05, 0.1) is 27.9 Å². The lowest BCUT2D eigenvalue weighted by Crippen LogP contribution is -2.28. The van der Waals surface area contributed by atoms with E-state index in [1.54, 1.807) is 0 Å². The van der Waals surface area contributed by atoms with Crippen LogP contribution in [-0.2, 0) is 0 Å². The molecule has 0 spiro atoms. The molecule has 0 aliphatic heterocycles. The van der Waals surface area contributed by atoms with E-state index >= 15 is 0 Å². The third kappa shape index (κ3) is 2.42. The Labute approximate surface area is 103 Å². The summed E-state index contributed by atoms with van der Waals surface area (Å²) in [4.78, 5) is 0. The van der Waals surface area contributed by atoms with Crippen LogP contribution in [0.1, 0.15) is 19.3 Å². The highest BCUT2D eigenvalue weighted by molar-refractivity contribution is 6.39. The number of halogens is 3. The van der Waals surface area contributed by atoms with Gasteiger partial charge < -0.3 is 10.4 Å². The van der Waals surface area contributed by atoms with E-state index < -0.39 is 11.9 Å². The molecule has 2 atom stereocenters. The van der Waals surface area contributed by atoms with Gasteiger partial charge >= 0.3 is 0 Å². The quantitative estimate of drug-likeness (QED) is 0.857. The fourth-order valence-corrected chi connectivity index (χ4v) is 2.54. The molecule has 1 aliphatic rings. The lowest BCUT2D eigenvalue weighted by Gasteiger charge is -2.19. The van der Waals surface area contributed by atoms with Gasteiger partial charge in [0.2, 0.25) is 0 Å². The van der Waals surface area contributed by atoms with Crippen molar-refractivity contribution in [2.75, 3.05) is 5.32 Å². The molecule has 1 aromatic carbocycles. The fraction of sp³-hybridized carbons (Fsp3) is 0.455. The predicted octanol–water partition coefficient (Wildman–Crippen LogP) is 3.46. The molecule has 1 aliphatic carbocycles.